The van der Waals surface area contributed by atoms with Crippen molar-refractivity contribution in [2.24, 2.45) is 17.8 Å². The maximum Gasteiger partial charge on any atom is 0.333 e. The van der Waals surface area contributed by atoms with Crippen LogP contribution in [0, 0.1) is 17.8 Å². The molecule has 18 heteroatoms. The Morgan fingerprint density at radius 3 is 2.13 bits per heavy atom. The summed E-state index contributed by atoms with van der Waals surface area (Å²) < 4.78 is 5.96. The molecule has 2 aliphatic heterocycles. The molecule has 0 spiro atoms. The van der Waals surface area contributed by atoms with Gasteiger partial charge in [0.05, 0.1) is 6.54 Å². The number of nitrogens with zero attached hydrogens (tertiary/aromatic N) is 5. The van der Waals surface area contributed by atoms with Crippen LogP contribution in [0.2, 0.25) is 0 Å². The van der Waals surface area contributed by atoms with Gasteiger partial charge in [-0.25, -0.2) is 9.78 Å². The molecule has 1 aromatic heterocycles. The van der Waals surface area contributed by atoms with Crippen molar-refractivity contribution >= 4 is 47.3 Å². The van der Waals surface area contributed by atoms with Crippen molar-refractivity contribution in [2.75, 3.05) is 34.2 Å². The molecule has 0 radical (unpaired) electrons. The standard InChI is InChI=1S/C45H64N8O10/c1-11-30-42(59)52(10)38(29-17-13-12-14-18-29)45(62)63-28(7)35(49-40(57)36-33(54)20-15-21-46-36)39(56)48-31(23-25(2)3)43(60)53-22-16-19-32(53)44(61)50(8)24-34(55)51(9)37(41(58)47-30)27(6)26(4)5/h12-15,17-18,20-21,25-28,30-32,35,37-38,54H,11,16,19,22-24H2,1-10H3,(H,47,58)(H,48,56)(H,49,57)/t27?,28-,30?,31-,32-,35?,37+,38?/m1/s1. The summed E-state index contributed by atoms with van der Waals surface area (Å²) in [5.74, 6) is -6.94. The van der Waals surface area contributed by atoms with Crippen LogP contribution in [0.25, 0.3) is 0 Å². The highest BCUT2D eigenvalue weighted by molar-refractivity contribution is 6.00. The first-order valence-electron chi connectivity index (χ1n) is 21.6. The van der Waals surface area contributed by atoms with E-state index in [4.69, 9.17) is 4.74 Å². The zero-order valence-corrected chi connectivity index (χ0v) is 38.0. The van der Waals surface area contributed by atoms with Crippen molar-refractivity contribution in [3.8, 4) is 5.75 Å². The molecule has 4 N–H and O–H groups in total. The second kappa shape index (κ2) is 21.8. The van der Waals surface area contributed by atoms with Crippen LogP contribution in [0.5, 0.6) is 5.75 Å². The Morgan fingerprint density at radius 1 is 0.873 bits per heavy atom. The molecule has 63 heavy (non-hydrogen) atoms. The summed E-state index contributed by atoms with van der Waals surface area (Å²) in [6.07, 6.45) is 0.782. The van der Waals surface area contributed by atoms with Crippen LogP contribution in [-0.4, -0.2) is 148 Å². The van der Waals surface area contributed by atoms with Gasteiger partial charge in [-0.2, -0.15) is 0 Å². The lowest BCUT2D eigenvalue weighted by atomic mass is 9.88. The van der Waals surface area contributed by atoms with E-state index in [1.54, 1.807) is 37.3 Å². The number of aromatic hydroxyl groups is 1. The molecular weight excluding hydrogens is 813 g/mol. The number of nitrogens with one attached hydrogen (secondary N) is 3. The van der Waals surface area contributed by atoms with Gasteiger partial charge in [-0.3, -0.25) is 33.6 Å². The molecule has 8 atom stereocenters. The van der Waals surface area contributed by atoms with Gasteiger partial charge in [0.25, 0.3) is 5.91 Å². The second-order valence-corrected chi connectivity index (χ2v) is 17.3. The van der Waals surface area contributed by atoms with Gasteiger partial charge in [0.1, 0.15) is 42.1 Å². The van der Waals surface area contributed by atoms with Crippen LogP contribution in [0.3, 0.4) is 0 Å². The topological polar surface area (TPSA) is 228 Å². The van der Waals surface area contributed by atoms with Crippen molar-refractivity contribution in [3.05, 3.63) is 59.9 Å². The third kappa shape index (κ3) is 11.9. The van der Waals surface area contributed by atoms with Crippen molar-refractivity contribution in [1.29, 1.82) is 0 Å². The first-order valence-corrected chi connectivity index (χ1v) is 21.6. The van der Waals surface area contributed by atoms with Crippen LogP contribution >= 0.6 is 0 Å². The van der Waals surface area contributed by atoms with E-state index < -0.39 is 114 Å². The highest BCUT2D eigenvalue weighted by Gasteiger charge is 2.43. The van der Waals surface area contributed by atoms with Gasteiger partial charge in [-0.05, 0) is 68.1 Å². The number of pyridine rings is 1. The van der Waals surface area contributed by atoms with Crippen LogP contribution in [-0.2, 0) is 38.3 Å². The molecule has 2 aliphatic rings. The minimum Gasteiger partial charge on any atom is -0.505 e. The Morgan fingerprint density at radius 2 is 1.52 bits per heavy atom. The van der Waals surface area contributed by atoms with Crippen molar-refractivity contribution < 1.29 is 48.2 Å². The number of rotatable bonds is 8. The van der Waals surface area contributed by atoms with E-state index in [2.05, 4.69) is 20.9 Å². The number of hydrogen-bond donors (Lipinski definition) is 4. The number of likely N-dealkylation sites (N-methyl/N-ethyl adjacent to an activating group) is 3. The van der Waals surface area contributed by atoms with E-state index in [1.807, 2.05) is 34.6 Å². The van der Waals surface area contributed by atoms with Gasteiger partial charge >= 0.3 is 5.97 Å². The van der Waals surface area contributed by atoms with E-state index in [1.165, 1.54) is 61.1 Å². The van der Waals surface area contributed by atoms with Crippen molar-refractivity contribution in [2.45, 2.75) is 117 Å². The number of ether oxygens (including phenoxy) is 1. The minimum absolute atomic E-state index is 0.0906. The number of carbonyl (C=O) groups is 8. The predicted octanol–water partition coefficient (Wildman–Crippen LogP) is 2.02. The molecular formula is C45H64N8O10. The second-order valence-electron chi connectivity index (χ2n) is 17.3. The Kier molecular flexibility index (Phi) is 17.2. The molecule has 3 heterocycles. The Labute approximate surface area is 369 Å². The zero-order valence-electron chi connectivity index (χ0n) is 38.0. The fourth-order valence-electron chi connectivity index (χ4n) is 7.99. The summed E-state index contributed by atoms with van der Waals surface area (Å²) in [7, 11) is 4.29. The Hall–Kier alpha value is -6.07. The van der Waals surface area contributed by atoms with Crippen LogP contribution in [0.4, 0.5) is 0 Å². The summed E-state index contributed by atoms with van der Waals surface area (Å²) in [6, 6.07) is 3.37. The number of fused-ring (bicyclic) bond motifs is 1. The number of cyclic esters (lactones) is 1. The first-order chi connectivity index (χ1) is 29.7. The number of amides is 7. The average Bonchev–Trinajstić information content (AvgIpc) is 3.73. The highest BCUT2D eigenvalue weighted by atomic mass is 16.5. The van der Waals surface area contributed by atoms with Crippen LogP contribution < -0.4 is 16.0 Å². The van der Waals surface area contributed by atoms with Gasteiger partial charge in [-0.1, -0.05) is 71.9 Å². The maximum atomic E-state index is 14.5. The molecule has 2 fully saturated rings. The fraction of sp³-hybridized carbons (Fsp3) is 0.578. The van der Waals surface area contributed by atoms with Gasteiger partial charge in [0.2, 0.25) is 35.4 Å². The third-order valence-electron chi connectivity index (χ3n) is 12.0. The summed E-state index contributed by atoms with van der Waals surface area (Å²) >= 11 is 0. The first kappa shape index (κ1) is 49.6. The van der Waals surface area contributed by atoms with Crippen LogP contribution in [0.1, 0.15) is 96.2 Å². The normalized spacial score (nSPS) is 25.8. The molecule has 18 nitrogen and oxygen atoms in total. The molecule has 0 aliphatic carbocycles. The number of benzene rings is 1. The summed E-state index contributed by atoms with van der Waals surface area (Å²) in [4.78, 5) is 123. The number of hydrogen-bond acceptors (Lipinski definition) is 11. The largest absolute Gasteiger partial charge is 0.505 e. The molecule has 344 valence electrons. The van der Waals surface area contributed by atoms with Crippen molar-refractivity contribution in [3.63, 3.8) is 0 Å². The summed E-state index contributed by atoms with van der Waals surface area (Å²) in [5, 5.41) is 18.5. The summed E-state index contributed by atoms with van der Waals surface area (Å²) in [6.45, 7) is 12.1. The quantitative estimate of drug-likeness (QED) is 0.281. The number of aromatic nitrogens is 1. The molecule has 4 unspecified atom stereocenters. The molecule has 1 aromatic carbocycles. The summed E-state index contributed by atoms with van der Waals surface area (Å²) in [5.41, 5.74) is -0.0862. The lowest BCUT2D eigenvalue weighted by molar-refractivity contribution is -0.161. The SMILES string of the molecule is CCC1NC(=O)[C@H](C(C)C(C)C)N(C)C(=O)CN(C)C(=O)[C@H]2CCCN2C(=O)[C@@H](CC(C)C)NC(=O)C(NC(=O)c2ncccc2O)[C@@H](C)OC(=O)C(c2ccccc2)N(C)C1=O. The van der Waals surface area contributed by atoms with E-state index in [0.29, 0.717) is 18.4 Å². The minimum atomic E-state index is -1.69. The average molecular weight is 877 g/mol. The molecule has 2 aromatic rings. The van der Waals surface area contributed by atoms with E-state index in [9.17, 15) is 43.5 Å². The maximum absolute atomic E-state index is 14.5. The lowest BCUT2D eigenvalue weighted by Gasteiger charge is -2.37. The third-order valence-corrected chi connectivity index (χ3v) is 12.0. The van der Waals surface area contributed by atoms with E-state index in [0.717, 1.165) is 4.90 Å². The lowest BCUT2D eigenvalue weighted by Crippen LogP contribution is -2.60. The Bertz CT molecular complexity index is 2000. The van der Waals surface area contributed by atoms with E-state index in [-0.39, 0.29) is 31.2 Å². The van der Waals surface area contributed by atoms with Crippen LogP contribution in [0.15, 0.2) is 48.7 Å². The highest BCUT2D eigenvalue weighted by Crippen LogP contribution is 2.27. The zero-order chi connectivity index (χ0) is 46.9. The number of carbonyl (C=O) groups excluding carboxylic acids is 8. The van der Waals surface area contributed by atoms with Crippen molar-refractivity contribution in [1.82, 2.24) is 40.5 Å². The fourth-order valence-corrected chi connectivity index (χ4v) is 7.99. The van der Waals surface area contributed by atoms with Gasteiger partial charge in [-0.15, -0.1) is 0 Å². The van der Waals surface area contributed by atoms with Gasteiger partial charge in [0, 0.05) is 33.9 Å². The van der Waals surface area contributed by atoms with Gasteiger partial charge in [0.15, 0.2) is 11.7 Å². The molecule has 4 rings (SSSR count). The number of esters is 1. The molecule has 7 amide bonds. The Balaban J connectivity index is 1.86. The molecule has 2 saturated heterocycles. The smallest absolute Gasteiger partial charge is 0.333 e. The predicted molar refractivity (Wildman–Crippen MR) is 231 cm³/mol. The van der Waals surface area contributed by atoms with Gasteiger partial charge < -0.3 is 45.4 Å². The molecule has 0 bridgehead atoms. The van der Waals surface area contributed by atoms with E-state index >= 15 is 0 Å². The molecule has 0 saturated carbocycles. The monoisotopic (exact) mass is 876 g/mol.